The number of thiophene rings is 1. The minimum Gasteiger partial charge on any atom is -0.395 e. The number of hydrogen-bond acceptors (Lipinski definition) is 4. The summed E-state index contributed by atoms with van der Waals surface area (Å²) in [6.07, 6.45) is 0.445. The Morgan fingerprint density at radius 2 is 2.05 bits per heavy atom. The zero-order chi connectivity index (χ0) is 14.5. The molecule has 7 heteroatoms. The van der Waals surface area contributed by atoms with Crippen LogP contribution in [0.25, 0.3) is 0 Å². The number of nitrogens with zero attached hydrogens (tertiary/aromatic N) is 2. The largest absolute Gasteiger partial charge is 0.395 e. The van der Waals surface area contributed by atoms with Gasteiger partial charge in [-0.05, 0) is 6.07 Å². The second-order valence-corrected chi connectivity index (χ2v) is 7.37. The van der Waals surface area contributed by atoms with Crippen molar-refractivity contribution in [1.82, 2.24) is 8.61 Å². The van der Waals surface area contributed by atoms with Crippen LogP contribution in [0.15, 0.2) is 11.4 Å². The molecular formula is C12H18N2O3S2. The molecule has 0 aliphatic carbocycles. The van der Waals surface area contributed by atoms with E-state index in [0.29, 0.717) is 13.0 Å². The van der Waals surface area contributed by atoms with Crippen molar-refractivity contribution in [2.75, 3.05) is 27.7 Å². The molecule has 0 radical (unpaired) electrons. The molecule has 1 aromatic heterocycles. The van der Waals surface area contributed by atoms with Gasteiger partial charge in [-0.1, -0.05) is 11.8 Å². The Morgan fingerprint density at radius 3 is 2.63 bits per heavy atom. The van der Waals surface area contributed by atoms with Gasteiger partial charge < -0.3 is 5.11 Å². The minimum atomic E-state index is -3.38. The van der Waals surface area contributed by atoms with Gasteiger partial charge in [0.2, 0.25) is 0 Å². The van der Waals surface area contributed by atoms with Crippen LogP contribution in [0.2, 0.25) is 0 Å². The molecule has 0 saturated heterocycles. The third-order valence-electron chi connectivity index (χ3n) is 2.36. The van der Waals surface area contributed by atoms with Crippen molar-refractivity contribution in [3.63, 3.8) is 0 Å². The van der Waals surface area contributed by atoms with Crippen LogP contribution in [0.4, 0.5) is 0 Å². The average Bonchev–Trinajstić information content (AvgIpc) is 2.77. The fourth-order valence-corrected chi connectivity index (χ4v) is 3.14. The molecule has 0 spiro atoms. The fraction of sp³-hybridized carbons (Fsp3) is 0.500. The normalized spacial score (nSPS) is 11.7. The molecule has 1 rings (SSSR count). The first kappa shape index (κ1) is 16.1. The molecule has 1 N–H and O–H groups in total. The molecule has 0 aromatic carbocycles. The van der Waals surface area contributed by atoms with Crippen molar-refractivity contribution >= 4 is 21.5 Å². The highest BCUT2D eigenvalue weighted by molar-refractivity contribution is 7.86. The second kappa shape index (κ2) is 7.03. The molecule has 5 nitrogen and oxygen atoms in total. The highest BCUT2D eigenvalue weighted by Crippen LogP contribution is 2.17. The van der Waals surface area contributed by atoms with Crippen molar-refractivity contribution in [2.24, 2.45) is 0 Å². The molecule has 1 aromatic rings. The summed E-state index contributed by atoms with van der Waals surface area (Å²) >= 11 is 1.47. The van der Waals surface area contributed by atoms with E-state index in [0.717, 1.165) is 10.4 Å². The van der Waals surface area contributed by atoms with Gasteiger partial charge in [-0.2, -0.15) is 17.0 Å². The van der Waals surface area contributed by atoms with Gasteiger partial charge in [0.1, 0.15) is 0 Å². The number of aliphatic hydroxyl groups is 1. The van der Waals surface area contributed by atoms with Gasteiger partial charge in [0.05, 0.1) is 6.61 Å². The number of aliphatic hydroxyl groups excluding tert-OH is 1. The summed E-state index contributed by atoms with van der Waals surface area (Å²) < 4.78 is 26.2. The third-order valence-corrected chi connectivity index (χ3v) is 5.12. The van der Waals surface area contributed by atoms with E-state index < -0.39 is 10.2 Å². The van der Waals surface area contributed by atoms with Gasteiger partial charge in [-0.25, -0.2) is 0 Å². The van der Waals surface area contributed by atoms with Gasteiger partial charge in [0.15, 0.2) is 0 Å². The predicted molar refractivity (Wildman–Crippen MR) is 77.0 cm³/mol. The molecule has 0 atom stereocenters. The van der Waals surface area contributed by atoms with Crippen LogP contribution in [0.5, 0.6) is 0 Å². The van der Waals surface area contributed by atoms with Crippen LogP contribution >= 0.6 is 11.3 Å². The van der Waals surface area contributed by atoms with E-state index in [1.165, 1.54) is 34.0 Å². The van der Waals surface area contributed by atoms with E-state index in [1.807, 2.05) is 11.4 Å². The van der Waals surface area contributed by atoms with Gasteiger partial charge in [0, 0.05) is 49.9 Å². The summed E-state index contributed by atoms with van der Waals surface area (Å²) in [5.41, 5.74) is 0.851. The van der Waals surface area contributed by atoms with E-state index in [-0.39, 0.29) is 6.61 Å². The quantitative estimate of drug-likeness (QED) is 0.815. The molecular weight excluding hydrogens is 284 g/mol. The van der Waals surface area contributed by atoms with Crippen LogP contribution in [-0.2, 0) is 16.8 Å². The summed E-state index contributed by atoms with van der Waals surface area (Å²) in [5, 5.41) is 10.5. The Bertz CT molecular complexity index is 567. The summed E-state index contributed by atoms with van der Waals surface area (Å²) in [5.74, 6) is 5.76. The Balaban J connectivity index is 2.72. The van der Waals surface area contributed by atoms with Gasteiger partial charge in [0.25, 0.3) is 10.2 Å². The highest BCUT2D eigenvalue weighted by atomic mass is 32.2. The molecule has 0 unspecified atom stereocenters. The lowest BCUT2D eigenvalue weighted by molar-refractivity contribution is 0.305. The minimum absolute atomic E-state index is 0.0494. The first-order chi connectivity index (χ1) is 8.87. The topological polar surface area (TPSA) is 60.9 Å². The maximum absolute atomic E-state index is 11.9. The number of rotatable bonds is 5. The highest BCUT2D eigenvalue weighted by Gasteiger charge is 2.20. The Labute approximate surface area is 118 Å². The van der Waals surface area contributed by atoms with Crippen molar-refractivity contribution in [2.45, 2.75) is 13.0 Å². The Kier molecular flexibility index (Phi) is 5.97. The lowest BCUT2D eigenvalue weighted by atomic mass is 10.3. The molecule has 0 aliphatic heterocycles. The van der Waals surface area contributed by atoms with Gasteiger partial charge in [-0.15, -0.1) is 11.3 Å². The van der Waals surface area contributed by atoms with Gasteiger partial charge >= 0.3 is 0 Å². The fourth-order valence-electron chi connectivity index (χ4n) is 1.33. The first-order valence-electron chi connectivity index (χ1n) is 5.69. The van der Waals surface area contributed by atoms with E-state index in [9.17, 15) is 8.42 Å². The smallest absolute Gasteiger partial charge is 0.281 e. The zero-order valence-corrected chi connectivity index (χ0v) is 12.9. The van der Waals surface area contributed by atoms with Crippen LogP contribution in [0.3, 0.4) is 0 Å². The van der Waals surface area contributed by atoms with Crippen molar-refractivity contribution in [3.8, 4) is 11.8 Å². The molecule has 0 aliphatic rings. The maximum Gasteiger partial charge on any atom is 0.281 e. The van der Waals surface area contributed by atoms with Crippen LogP contribution in [-0.4, -0.2) is 49.9 Å². The van der Waals surface area contributed by atoms with E-state index in [4.69, 9.17) is 5.11 Å². The summed E-state index contributed by atoms with van der Waals surface area (Å²) in [6, 6.07) is 1.87. The number of hydrogen-bond donors (Lipinski definition) is 1. The molecule has 0 saturated carbocycles. The van der Waals surface area contributed by atoms with Crippen LogP contribution in [0, 0.1) is 11.8 Å². The maximum atomic E-state index is 11.9. The third kappa shape index (κ3) is 4.60. The van der Waals surface area contributed by atoms with Crippen molar-refractivity contribution < 1.29 is 13.5 Å². The van der Waals surface area contributed by atoms with Crippen molar-refractivity contribution in [3.05, 3.63) is 21.9 Å². The SMILES string of the molecule is CN(C)S(=O)(=O)N(C)Cc1cc(C#CCCO)cs1. The second-order valence-electron chi connectivity index (χ2n) is 4.12. The van der Waals surface area contributed by atoms with Gasteiger partial charge in [-0.3, -0.25) is 0 Å². The molecule has 0 bridgehead atoms. The van der Waals surface area contributed by atoms with E-state index in [1.54, 1.807) is 7.05 Å². The Hall–Kier alpha value is -0.910. The molecule has 0 amide bonds. The lowest BCUT2D eigenvalue weighted by Gasteiger charge is -2.20. The molecule has 0 fully saturated rings. The summed E-state index contributed by atoms with van der Waals surface area (Å²) in [7, 11) is 1.18. The first-order valence-corrected chi connectivity index (χ1v) is 7.96. The average molecular weight is 302 g/mol. The van der Waals surface area contributed by atoms with Crippen LogP contribution < -0.4 is 0 Å². The van der Waals surface area contributed by atoms with Crippen molar-refractivity contribution in [1.29, 1.82) is 0 Å². The van der Waals surface area contributed by atoms with E-state index >= 15 is 0 Å². The standard InChI is InChI=1S/C12H18N2O3S2/c1-13(2)19(16,17)14(3)9-12-8-11(10-18-12)6-4-5-7-15/h8,10,15H,5,7,9H2,1-3H3. The lowest BCUT2D eigenvalue weighted by Crippen LogP contribution is -2.36. The monoisotopic (exact) mass is 302 g/mol. The molecule has 19 heavy (non-hydrogen) atoms. The van der Waals surface area contributed by atoms with E-state index in [2.05, 4.69) is 11.8 Å². The summed E-state index contributed by atoms with van der Waals surface area (Å²) in [4.78, 5) is 0.932. The molecule has 1 heterocycles. The molecule has 106 valence electrons. The Morgan fingerprint density at radius 1 is 1.37 bits per heavy atom. The summed E-state index contributed by atoms with van der Waals surface area (Å²) in [6.45, 7) is 0.376. The zero-order valence-electron chi connectivity index (χ0n) is 11.3. The predicted octanol–water partition coefficient (Wildman–Crippen LogP) is 0.720. The van der Waals surface area contributed by atoms with Crippen LogP contribution in [0.1, 0.15) is 16.9 Å².